The van der Waals surface area contributed by atoms with Gasteiger partial charge in [-0.2, -0.15) is 0 Å². The van der Waals surface area contributed by atoms with Crippen LogP contribution in [0.3, 0.4) is 0 Å². The second-order valence-corrected chi connectivity index (χ2v) is 17.8. The minimum atomic E-state index is -0.0849. The molecule has 0 bridgehead atoms. The fourth-order valence-corrected chi connectivity index (χ4v) is 9.30. The molecule has 9 rings (SSSR count). The van der Waals surface area contributed by atoms with E-state index in [0.717, 1.165) is 33.6 Å². The molecule has 0 unspecified atom stereocenters. The third-order valence-electron chi connectivity index (χ3n) is 10.9. The summed E-state index contributed by atoms with van der Waals surface area (Å²) in [6.07, 6.45) is 0. The molecule has 0 amide bonds. The molecule has 50 heavy (non-hydrogen) atoms. The highest BCUT2D eigenvalue weighted by atomic mass is 32.1. The molecule has 0 radical (unpaired) electrons. The summed E-state index contributed by atoms with van der Waals surface area (Å²) < 4.78 is 9.50. The lowest BCUT2D eigenvalue weighted by atomic mass is 9.79. The fourth-order valence-electron chi connectivity index (χ4n) is 8.21. The molecule has 6 aromatic carbocycles. The molecule has 1 aliphatic carbocycles. The molecule has 0 spiro atoms. The fraction of sp³-hybridized carbons (Fsp3) is 0.234. The van der Waals surface area contributed by atoms with Crippen LogP contribution in [0.2, 0.25) is 0 Å². The van der Waals surface area contributed by atoms with Gasteiger partial charge in [0.1, 0.15) is 11.2 Å². The number of anilines is 3. The van der Waals surface area contributed by atoms with E-state index in [1.54, 1.807) is 0 Å². The van der Waals surface area contributed by atoms with Gasteiger partial charge in [0.05, 0.1) is 11.1 Å². The predicted octanol–water partition coefficient (Wildman–Crippen LogP) is 14.3. The second kappa shape index (κ2) is 10.6. The van der Waals surface area contributed by atoms with Crippen LogP contribution in [0.5, 0.6) is 0 Å². The van der Waals surface area contributed by atoms with E-state index >= 15 is 0 Å². The first-order valence-electron chi connectivity index (χ1n) is 17.8. The summed E-state index contributed by atoms with van der Waals surface area (Å²) in [4.78, 5) is 2.47. The quantitative estimate of drug-likeness (QED) is 0.186. The van der Waals surface area contributed by atoms with Crippen molar-refractivity contribution < 1.29 is 4.42 Å². The summed E-state index contributed by atoms with van der Waals surface area (Å²) >= 11 is 1.86. The van der Waals surface area contributed by atoms with Crippen molar-refractivity contribution >= 4 is 70.5 Å². The maximum Gasteiger partial charge on any atom is 0.139 e. The summed E-state index contributed by atoms with van der Waals surface area (Å²) in [5, 5.41) is 4.91. The van der Waals surface area contributed by atoms with Crippen LogP contribution in [-0.4, -0.2) is 0 Å². The number of benzene rings is 6. The zero-order valence-electron chi connectivity index (χ0n) is 30.2. The minimum absolute atomic E-state index is 0.0162. The molecule has 2 aromatic heterocycles. The number of hydrogen-bond donors (Lipinski definition) is 0. The van der Waals surface area contributed by atoms with Crippen LogP contribution in [0.25, 0.3) is 53.2 Å². The molecule has 0 N–H and O–H groups in total. The first-order valence-corrected chi connectivity index (χ1v) is 18.6. The number of thiophene rings is 1. The molecule has 3 heteroatoms. The first-order chi connectivity index (χ1) is 23.8. The number of fused-ring (bicyclic) bond motifs is 9. The van der Waals surface area contributed by atoms with Crippen molar-refractivity contribution in [3.8, 4) is 11.1 Å². The van der Waals surface area contributed by atoms with Crippen molar-refractivity contribution in [2.24, 2.45) is 0 Å². The predicted molar refractivity (Wildman–Crippen MR) is 216 cm³/mol. The Labute approximate surface area is 299 Å². The number of hydrogen-bond acceptors (Lipinski definition) is 3. The molecule has 248 valence electrons. The highest BCUT2D eigenvalue weighted by molar-refractivity contribution is 7.25. The van der Waals surface area contributed by atoms with Gasteiger partial charge < -0.3 is 9.32 Å². The van der Waals surface area contributed by atoms with Gasteiger partial charge in [-0.3, -0.25) is 0 Å². The summed E-state index contributed by atoms with van der Waals surface area (Å²) in [5.41, 5.74) is 13.1. The third-order valence-corrected chi connectivity index (χ3v) is 12.1. The van der Waals surface area contributed by atoms with Gasteiger partial charge in [-0.15, -0.1) is 11.3 Å². The summed E-state index contributed by atoms with van der Waals surface area (Å²) in [5.74, 6) is 0. The smallest absolute Gasteiger partial charge is 0.139 e. The number of furan rings is 1. The Bertz CT molecular complexity index is 2650. The number of nitrogens with zero attached hydrogens (tertiary/aromatic N) is 1. The van der Waals surface area contributed by atoms with Gasteiger partial charge >= 0.3 is 0 Å². The molecule has 1 aliphatic rings. The average Bonchev–Trinajstić information content (AvgIpc) is 3.72. The van der Waals surface area contributed by atoms with E-state index in [1.807, 2.05) is 11.3 Å². The van der Waals surface area contributed by atoms with Crippen LogP contribution in [0.4, 0.5) is 17.1 Å². The molecular formula is C47H43NOS. The van der Waals surface area contributed by atoms with Crippen LogP contribution in [0, 0.1) is 0 Å². The van der Waals surface area contributed by atoms with E-state index in [0.29, 0.717) is 0 Å². The minimum Gasteiger partial charge on any atom is -0.456 e. The van der Waals surface area contributed by atoms with Crippen molar-refractivity contribution in [3.05, 3.63) is 138 Å². The lowest BCUT2D eigenvalue weighted by Crippen LogP contribution is -2.16. The van der Waals surface area contributed by atoms with Crippen LogP contribution in [-0.2, 0) is 16.2 Å². The van der Waals surface area contributed by atoms with Gasteiger partial charge in [-0.25, -0.2) is 0 Å². The normalized spacial score (nSPS) is 14.2. The van der Waals surface area contributed by atoms with E-state index in [9.17, 15) is 0 Å². The van der Waals surface area contributed by atoms with Crippen LogP contribution in [0.15, 0.2) is 120 Å². The van der Waals surface area contributed by atoms with Crippen LogP contribution >= 0.6 is 11.3 Å². The largest absolute Gasteiger partial charge is 0.456 e. The van der Waals surface area contributed by atoms with Gasteiger partial charge in [0.15, 0.2) is 0 Å². The lowest BCUT2D eigenvalue weighted by molar-refractivity contribution is 0.559. The zero-order valence-corrected chi connectivity index (χ0v) is 31.0. The molecule has 0 aliphatic heterocycles. The second-order valence-electron chi connectivity index (χ2n) is 16.7. The Morgan fingerprint density at radius 2 is 1.28 bits per heavy atom. The molecular weight excluding hydrogens is 627 g/mol. The van der Waals surface area contributed by atoms with Crippen molar-refractivity contribution in [3.63, 3.8) is 0 Å². The molecule has 2 heterocycles. The van der Waals surface area contributed by atoms with Gasteiger partial charge in [0, 0.05) is 47.9 Å². The summed E-state index contributed by atoms with van der Waals surface area (Å²) in [7, 11) is 0. The summed E-state index contributed by atoms with van der Waals surface area (Å²) in [6.45, 7) is 18.5. The summed E-state index contributed by atoms with van der Waals surface area (Å²) in [6, 6.07) is 43.1. The molecule has 2 nitrogen and oxygen atoms in total. The standard InChI is InChI=1S/C47H43NOS/c1-45(2,3)28-24-35-43-39(17-13-18-40(43)49-44(35)38(25-28)46(4,5)6)48(30-21-23-42-34(27-30)32-15-10-12-19-41(32)50-42)29-20-22-37-33(26-29)31-14-9-11-16-36(31)47(37,7)8/h9-27H,1-8H3. The highest BCUT2D eigenvalue weighted by Gasteiger charge is 2.36. The van der Waals surface area contributed by atoms with Gasteiger partial charge in [-0.05, 0) is 93.2 Å². The monoisotopic (exact) mass is 669 g/mol. The molecule has 0 saturated carbocycles. The SMILES string of the molecule is CC(C)(C)c1cc(C(C)(C)C)c2oc3cccc(N(c4ccc5c(c4)-c4ccccc4C5(C)C)c4ccc5sc6ccccc6c5c4)c3c2c1. The van der Waals surface area contributed by atoms with Gasteiger partial charge in [0.25, 0.3) is 0 Å². The maximum atomic E-state index is 6.88. The van der Waals surface area contributed by atoms with Crippen molar-refractivity contribution in [1.82, 2.24) is 0 Å². The van der Waals surface area contributed by atoms with Crippen LogP contribution in [0.1, 0.15) is 77.6 Å². The average molecular weight is 670 g/mol. The van der Waals surface area contributed by atoms with Crippen LogP contribution < -0.4 is 4.90 Å². The topological polar surface area (TPSA) is 16.4 Å². The molecule has 0 atom stereocenters. The van der Waals surface area contributed by atoms with Crippen molar-refractivity contribution in [1.29, 1.82) is 0 Å². The van der Waals surface area contributed by atoms with Crippen molar-refractivity contribution in [2.75, 3.05) is 4.90 Å². The molecule has 0 saturated heterocycles. The number of rotatable bonds is 3. The van der Waals surface area contributed by atoms with E-state index < -0.39 is 0 Å². The van der Waals surface area contributed by atoms with E-state index in [2.05, 4.69) is 176 Å². The lowest BCUT2D eigenvalue weighted by Gasteiger charge is -2.28. The van der Waals surface area contributed by atoms with Crippen molar-refractivity contribution in [2.45, 2.75) is 71.6 Å². The van der Waals surface area contributed by atoms with Gasteiger partial charge in [0.2, 0.25) is 0 Å². The van der Waals surface area contributed by atoms with E-state index in [4.69, 9.17) is 4.42 Å². The van der Waals surface area contributed by atoms with E-state index in [1.165, 1.54) is 58.9 Å². The Hall–Kier alpha value is -4.86. The molecule has 8 aromatic rings. The molecule has 0 fully saturated rings. The zero-order chi connectivity index (χ0) is 34.7. The highest BCUT2D eigenvalue weighted by Crippen LogP contribution is 2.52. The Balaban J connectivity index is 1.37. The first kappa shape index (κ1) is 31.1. The third kappa shape index (κ3) is 4.59. The van der Waals surface area contributed by atoms with E-state index in [-0.39, 0.29) is 16.2 Å². The van der Waals surface area contributed by atoms with Gasteiger partial charge in [-0.1, -0.05) is 116 Å². The Morgan fingerprint density at radius 1 is 0.580 bits per heavy atom. The Morgan fingerprint density at radius 3 is 2.08 bits per heavy atom. The maximum absolute atomic E-state index is 6.88. The Kier molecular flexibility index (Phi) is 6.59.